The fourth-order valence-electron chi connectivity index (χ4n) is 3.13. The Balaban J connectivity index is 1.49. The topological polar surface area (TPSA) is 62.6 Å². The Morgan fingerprint density at radius 2 is 1.69 bits per heavy atom. The molecule has 0 saturated heterocycles. The zero-order valence-electron chi connectivity index (χ0n) is 16.9. The molecular weight excluding hydrogens is 364 g/mol. The Morgan fingerprint density at radius 3 is 2.45 bits per heavy atom. The maximum absolute atomic E-state index is 12.4. The molecule has 0 aliphatic carbocycles. The Labute approximate surface area is 171 Å². The summed E-state index contributed by atoms with van der Waals surface area (Å²) in [6.07, 6.45) is 1.62. The molecule has 3 aromatic rings. The molecule has 0 aliphatic rings. The quantitative estimate of drug-likeness (QED) is 0.614. The first-order chi connectivity index (χ1) is 14.1. The van der Waals surface area contributed by atoms with E-state index >= 15 is 0 Å². The minimum absolute atomic E-state index is 0.0182. The maximum atomic E-state index is 12.4. The smallest absolute Gasteiger partial charge is 0.243 e. The monoisotopic (exact) mass is 390 g/mol. The van der Waals surface area contributed by atoms with Crippen LogP contribution in [0.25, 0.3) is 11.3 Å². The molecule has 0 atom stereocenters. The normalized spacial score (nSPS) is 10.6. The molecule has 1 aromatic heterocycles. The number of furan rings is 1. The van der Waals surface area contributed by atoms with Gasteiger partial charge < -0.3 is 14.6 Å². The van der Waals surface area contributed by atoms with Gasteiger partial charge >= 0.3 is 0 Å². The summed E-state index contributed by atoms with van der Waals surface area (Å²) in [7, 11) is 1.64. The first kappa shape index (κ1) is 20.4. The largest absolute Gasteiger partial charge is 0.461 e. The summed E-state index contributed by atoms with van der Waals surface area (Å²) >= 11 is 0. The standard InChI is InChI=1S/C24H26N2O3/c1-3-18-9-7-8-12-21(18)25-23(27)17-26(2)24(28)16-14-20-13-15-22(29-20)19-10-5-4-6-11-19/h4-13,15H,3,14,16-17H2,1-2H3,(H,25,27). The second-order valence-electron chi connectivity index (χ2n) is 6.94. The van der Waals surface area contributed by atoms with Crippen molar-refractivity contribution >= 4 is 17.5 Å². The Hall–Kier alpha value is -3.34. The summed E-state index contributed by atoms with van der Waals surface area (Å²) in [4.78, 5) is 26.2. The van der Waals surface area contributed by atoms with E-state index in [1.807, 2.05) is 73.7 Å². The van der Waals surface area contributed by atoms with Gasteiger partial charge in [-0.15, -0.1) is 0 Å². The van der Waals surface area contributed by atoms with Gasteiger partial charge in [0, 0.05) is 31.1 Å². The molecule has 150 valence electrons. The van der Waals surface area contributed by atoms with Crippen molar-refractivity contribution in [2.45, 2.75) is 26.2 Å². The zero-order valence-corrected chi connectivity index (χ0v) is 16.9. The van der Waals surface area contributed by atoms with Crippen LogP contribution in [0.1, 0.15) is 24.7 Å². The van der Waals surface area contributed by atoms with E-state index in [1.54, 1.807) is 7.05 Å². The molecule has 0 unspecified atom stereocenters. The van der Waals surface area contributed by atoms with Gasteiger partial charge in [0.2, 0.25) is 11.8 Å². The van der Waals surface area contributed by atoms with Crippen LogP contribution in [0.15, 0.2) is 71.1 Å². The molecule has 0 fully saturated rings. The van der Waals surface area contributed by atoms with Crippen LogP contribution in [0, 0.1) is 0 Å². The van der Waals surface area contributed by atoms with Crippen LogP contribution in [0.4, 0.5) is 5.69 Å². The van der Waals surface area contributed by atoms with Crippen LogP contribution in [0.3, 0.4) is 0 Å². The van der Waals surface area contributed by atoms with Crippen molar-refractivity contribution in [2.75, 3.05) is 18.9 Å². The van der Waals surface area contributed by atoms with Crippen molar-refractivity contribution < 1.29 is 14.0 Å². The molecule has 1 N–H and O–H groups in total. The van der Waals surface area contributed by atoms with Crippen molar-refractivity contribution in [3.63, 3.8) is 0 Å². The maximum Gasteiger partial charge on any atom is 0.243 e. The highest BCUT2D eigenvalue weighted by Crippen LogP contribution is 2.22. The van der Waals surface area contributed by atoms with Gasteiger partial charge in [0.1, 0.15) is 11.5 Å². The second kappa shape index (κ2) is 9.73. The molecule has 5 nitrogen and oxygen atoms in total. The summed E-state index contributed by atoms with van der Waals surface area (Å²) in [6.45, 7) is 2.06. The van der Waals surface area contributed by atoms with Gasteiger partial charge in [-0.3, -0.25) is 9.59 Å². The number of rotatable bonds is 8. The molecule has 0 spiro atoms. The first-order valence-corrected chi connectivity index (χ1v) is 9.82. The van der Waals surface area contributed by atoms with Gasteiger partial charge in [-0.2, -0.15) is 0 Å². The number of hydrogen-bond acceptors (Lipinski definition) is 3. The number of aryl methyl sites for hydroxylation is 2. The number of nitrogens with one attached hydrogen (secondary N) is 1. The lowest BCUT2D eigenvalue weighted by molar-refractivity contribution is -0.133. The van der Waals surface area contributed by atoms with Gasteiger partial charge in [-0.1, -0.05) is 55.5 Å². The molecule has 2 aromatic carbocycles. The molecule has 5 heteroatoms. The number of anilines is 1. The van der Waals surface area contributed by atoms with E-state index in [0.717, 1.165) is 34.8 Å². The third-order valence-corrected chi connectivity index (χ3v) is 4.78. The SMILES string of the molecule is CCc1ccccc1NC(=O)CN(C)C(=O)CCc1ccc(-c2ccccc2)o1. The van der Waals surface area contributed by atoms with E-state index in [2.05, 4.69) is 5.32 Å². The lowest BCUT2D eigenvalue weighted by atomic mass is 10.1. The Morgan fingerprint density at radius 1 is 0.966 bits per heavy atom. The minimum Gasteiger partial charge on any atom is -0.461 e. The molecule has 1 heterocycles. The van der Waals surface area contributed by atoms with Crippen LogP contribution in [0.2, 0.25) is 0 Å². The molecule has 0 radical (unpaired) electrons. The third-order valence-electron chi connectivity index (χ3n) is 4.78. The highest BCUT2D eigenvalue weighted by molar-refractivity contribution is 5.95. The number of carbonyl (C=O) groups excluding carboxylic acids is 2. The zero-order chi connectivity index (χ0) is 20.6. The van der Waals surface area contributed by atoms with Crippen molar-refractivity contribution in [3.05, 3.63) is 78.1 Å². The van der Waals surface area contributed by atoms with Crippen LogP contribution in [0.5, 0.6) is 0 Å². The average molecular weight is 390 g/mol. The predicted octanol–water partition coefficient (Wildman–Crippen LogP) is 4.54. The number of para-hydroxylation sites is 1. The van der Waals surface area contributed by atoms with Crippen molar-refractivity contribution in [3.8, 4) is 11.3 Å². The van der Waals surface area contributed by atoms with E-state index < -0.39 is 0 Å². The van der Waals surface area contributed by atoms with E-state index in [9.17, 15) is 9.59 Å². The van der Waals surface area contributed by atoms with E-state index in [-0.39, 0.29) is 24.8 Å². The molecule has 0 aliphatic heterocycles. The highest BCUT2D eigenvalue weighted by atomic mass is 16.3. The van der Waals surface area contributed by atoms with Gasteiger partial charge in [-0.05, 0) is 30.2 Å². The summed E-state index contributed by atoms with van der Waals surface area (Å²) < 4.78 is 5.84. The van der Waals surface area contributed by atoms with E-state index in [1.165, 1.54) is 4.90 Å². The van der Waals surface area contributed by atoms with Crippen LogP contribution in [-0.4, -0.2) is 30.3 Å². The minimum atomic E-state index is -0.203. The third kappa shape index (κ3) is 5.57. The number of carbonyl (C=O) groups is 2. The molecule has 0 saturated carbocycles. The van der Waals surface area contributed by atoms with Crippen LogP contribution < -0.4 is 5.32 Å². The fraction of sp³-hybridized carbons (Fsp3) is 0.250. The lowest BCUT2D eigenvalue weighted by Crippen LogP contribution is -2.35. The van der Waals surface area contributed by atoms with Crippen molar-refractivity contribution in [1.82, 2.24) is 4.90 Å². The molecule has 3 rings (SSSR count). The Kier molecular flexibility index (Phi) is 6.85. The number of nitrogens with zero attached hydrogens (tertiary/aromatic N) is 1. The van der Waals surface area contributed by atoms with Crippen molar-refractivity contribution in [2.24, 2.45) is 0 Å². The Bertz CT molecular complexity index is 963. The van der Waals surface area contributed by atoms with E-state index in [4.69, 9.17) is 4.42 Å². The number of likely N-dealkylation sites (N-methyl/N-ethyl adjacent to an activating group) is 1. The van der Waals surface area contributed by atoms with Gasteiger partial charge in [0.05, 0.1) is 6.54 Å². The fourth-order valence-corrected chi connectivity index (χ4v) is 3.13. The summed E-state index contributed by atoms with van der Waals surface area (Å²) in [6, 6.07) is 21.3. The number of benzene rings is 2. The second-order valence-corrected chi connectivity index (χ2v) is 6.94. The first-order valence-electron chi connectivity index (χ1n) is 9.82. The summed E-state index contributed by atoms with van der Waals surface area (Å²) in [5.74, 6) is 1.25. The van der Waals surface area contributed by atoms with E-state index in [0.29, 0.717) is 6.42 Å². The van der Waals surface area contributed by atoms with Gasteiger partial charge in [-0.25, -0.2) is 0 Å². The number of hydrogen-bond donors (Lipinski definition) is 1. The highest BCUT2D eigenvalue weighted by Gasteiger charge is 2.15. The lowest BCUT2D eigenvalue weighted by Gasteiger charge is -2.17. The predicted molar refractivity (Wildman–Crippen MR) is 115 cm³/mol. The average Bonchev–Trinajstić information content (AvgIpc) is 3.22. The van der Waals surface area contributed by atoms with Gasteiger partial charge in [0.25, 0.3) is 0 Å². The summed E-state index contributed by atoms with van der Waals surface area (Å²) in [5.41, 5.74) is 2.87. The van der Waals surface area contributed by atoms with Crippen molar-refractivity contribution in [1.29, 1.82) is 0 Å². The van der Waals surface area contributed by atoms with Crippen LogP contribution >= 0.6 is 0 Å². The number of amides is 2. The van der Waals surface area contributed by atoms with Gasteiger partial charge in [0.15, 0.2) is 0 Å². The molecule has 29 heavy (non-hydrogen) atoms. The summed E-state index contributed by atoms with van der Waals surface area (Å²) in [5, 5.41) is 2.89. The molecule has 2 amide bonds. The van der Waals surface area contributed by atoms with Crippen LogP contribution in [-0.2, 0) is 22.4 Å². The molecular formula is C24H26N2O3. The molecule has 0 bridgehead atoms.